The molecule has 7 nitrogen and oxygen atoms in total. The van der Waals surface area contributed by atoms with Crippen LogP contribution < -0.4 is 10.6 Å². The van der Waals surface area contributed by atoms with Crippen LogP contribution in [0.2, 0.25) is 0 Å². The molecule has 10 heteroatoms. The number of hydrogen-bond donors (Lipinski definition) is 3. The Morgan fingerprint density at radius 2 is 1.74 bits per heavy atom. The smallest absolute Gasteiger partial charge is 0.406 e. The summed E-state index contributed by atoms with van der Waals surface area (Å²) in [6, 6.07) is -1.05. The van der Waals surface area contributed by atoms with E-state index in [1.807, 2.05) is 10.6 Å². The number of amides is 3. The summed E-state index contributed by atoms with van der Waals surface area (Å²) in [6.45, 7) is -1.47. The first-order valence-corrected chi connectivity index (χ1v) is 5.23. The van der Waals surface area contributed by atoms with Crippen molar-refractivity contribution in [3.8, 4) is 0 Å². The van der Waals surface area contributed by atoms with Crippen LogP contribution >= 0.6 is 0 Å². The minimum absolute atomic E-state index is 0.178. The van der Waals surface area contributed by atoms with E-state index in [4.69, 9.17) is 5.11 Å². The molecule has 0 heterocycles. The van der Waals surface area contributed by atoms with Gasteiger partial charge < -0.3 is 20.6 Å². The molecule has 0 atom stereocenters. The van der Waals surface area contributed by atoms with Crippen molar-refractivity contribution in [3.05, 3.63) is 0 Å². The molecule has 0 aromatic heterocycles. The minimum Gasteiger partial charge on any atom is -0.480 e. The largest absolute Gasteiger partial charge is 0.480 e. The molecule has 0 aromatic rings. The summed E-state index contributed by atoms with van der Waals surface area (Å²) in [6.07, 6.45) is -4.53. The molecule has 0 unspecified atom stereocenters. The molecule has 110 valence electrons. The lowest BCUT2D eigenvalue weighted by Crippen LogP contribution is -2.47. The van der Waals surface area contributed by atoms with Gasteiger partial charge in [0.2, 0.25) is 5.91 Å². The zero-order valence-corrected chi connectivity index (χ0v) is 10.1. The molecule has 0 aromatic carbocycles. The highest BCUT2D eigenvalue weighted by atomic mass is 19.4. The molecule has 0 saturated heterocycles. The number of hydrogen-bond acceptors (Lipinski definition) is 3. The number of urea groups is 1. The first-order valence-electron chi connectivity index (χ1n) is 5.23. The van der Waals surface area contributed by atoms with Gasteiger partial charge in [-0.15, -0.1) is 0 Å². The fraction of sp³-hybridized carbons (Fsp3) is 0.667. The van der Waals surface area contributed by atoms with Crippen molar-refractivity contribution >= 4 is 17.9 Å². The number of halogens is 3. The Morgan fingerprint density at radius 1 is 1.16 bits per heavy atom. The highest BCUT2D eigenvalue weighted by Gasteiger charge is 2.32. The van der Waals surface area contributed by atoms with Crippen LogP contribution in [0, 0.1) is 0 Å². The van der Waals surface area contributed by atoms with Crippen LogP contribution in [0.3, 0.4) is 0 Å². The van der Waals surface area contributed by atoms with Gasteiger partial charge in [0, 0.05) is 6.54 Å². The van der Waals surface area contributed by atoms with Crippen LogP contribution in [0.1, 0.15) is 6.92 Å². The van der Waals surface area contributed by atoms with E-state index in [-0.39, 0.29) is 6.54 Å². The molecule has 0 aliphatic rings. The lowest BCUT2D eigenvalue weighted by molar-refractivity contribution is -0.140. The predicted octanol–water partition coefficient (Wildman–Crippen LogP) is -0.219. The van der Waals surface area contributed by atoms with Gasteiger partial charge in [-0.3, -0.25) is 9.59 Å². The van der Waals surface area contributed by atoms with Crippen molar-refractivity contribution in [2.45, 2.75) is 13.1 Å². The number of nitrogens with one attached hydrogen (secondary N) is 2. The quantitative estimate of drug-likeness (QED) is 0.628. The maximum absolute atomic E-state index is 12.1. The van der Waals surface area contributed by atoms with Crippen LogP contribution in [0.15, 0.2) is 0 Å². The summed E-state index contributed by atoms with van der Waals surface area (Å²) in [5.41, 5.74) is 0. The van der Waals surface area contributed by atoms with E-state index in [0.717, 1.165) is 0 Å². The Morgan fingerprint density at radius 3 is 2.16 bits per heavy atom. The van der Waals surface area contributed by atoms with Crippen LogP contribution in [-0.2, 0) is 9.59 Å². The Kier molecular flexibility index (Phi) is 6.66. The molecular formula is C9H14F3N3O4. The molecular weight excluding hydrogens is 271 g/mol. The Balaban J connectivity index is 4.13. The average molecular weight is 285 g/mol. The number of rotatable bonds is 6. The molecule has 0 rings (SSSR count). The first-order chi connectivity index (χ1) is 8.65. The standard InChI is InChI=1S/C9H14F3N3O4/c1-2-15(5-9(10,11)12)8(19)14-3-6(16)13-4-7(17)18/h2-5H2,1H3,(H,13,16)(H,14,19)(H,17,18). The topological polar surface area (TPSA) is 98.7 Å². The maximum atomic E-state index is 12.1. The molecule has 0 bridgehead atoms. The summed E-state index contributed by atoms with van der Waals surface area (Å²) >= 11 is 0. The van der Waals surface area contributed by atoms with Crippen LogP contribution in [-0.4, -0.2) is 60.3 Å². The lowest BCUT2D eigenvalue weighted by atomic mass is 10.5. The third kappa shape index (κ3) is 8.69. The molecule has 0 spiro atoms. The average Bonchev–Trinajstić information content (AvgIpc) is 2.29. The van der Waals surface area contributed by atoms with E-state index >= 15 is 0 Å². The zero-order chi connectivity index (χ0) is 15.1. The van der Waals surface area contributed by atoms with Gasteiger partial charge >= 0.3 is 18.2 Å². The van der Waals surface area contributed by atoms with Crippen molar-refractivity contribution in [2.24, 2.45) is 0 Å². The maximum Gasteiger partial charge on any atom is 0.406 e. The third-order valence-corrected chi connectivity index (χ3v) is 1.88. The van der Waals surface area contributed by atoms with E-state index in [1.165, 1.54) is 6.92 Å². The van der Waals surface area contributed by atoms with Gasteiger partial charge in [-0.2, -0.15) is 13.2 Å². The summed E-state index contributed by atoms with van der Waals surface area (Å²) in [4.78, 5) is 32.9. The van der Waals surface area contributed by atoms with Crippen molar-refractivity contribution in [3.63, 3.8) is 0 Å². The number of alkyl halides is 3. The summed E-state index contributed by atoms with van der Waals surface area (Å²) in [5, 5.41) is 12.2. The van der Waals surface area contributed by atoms with E-state index in [0.29, 0.717) is 4.90 Å². The number of carboxylic acid groups (broad SMARTS) is 1. The van der Waals surface area contributed by atoms with E-state index < -0.39 is 43.7 Å². The van der Waals surface area contributed by atoms with Gasteiger partial charge in [0.1, 0.15) is 13.1 Å². The van der Waals surface area contributed by atoms with Gasteiger partial charge in [-0.25, -0.2) is 4.79 Å². The van der Waals surface area contributed by atoms with Gasteiger partial charge in [0.25, 0.3) is 0 Å². The second kappa shape index (κ2) is 7.44. The second-order valence-corrected chi connectivity index (χ2v) is 3.46. The molecule has 0 aliphatic heterocycles. The van der Waals surface area contributed by atoms with Crippen molar-refractivity contribution in [2.75, 3.05) is 26.2 Å². The molecule has 19 heavy (non-hydrogen) atoms. The monoisotopic (exact) mass is 285 g/mol. The molecule has 0 fully saturated rings. The highest BCUT2D eigenvalue weighted by Crippen LogP contribution is 2.16. The fourth-order valence-electron chi connectivity index (χ4n) is 1.05. The molecule has 3 N–H and O–H groups in total. The first kappa shape index (κ1) is 17.0. The summed E-state index contributed by atoms with van der Waals surface area (Å²) in [7, 11) is 0. The predicted molar refractivity (Wildman–Crippen MR) is 57.3 cm³/mol. The minimum atomic E-state index is -4.53. The Bertz CT molecular complexity index is 346. The van der Waals surface area contributed by atoms with E-state index in [2.05, 4.69) is 0 Å². The summed E-state index contributed by atoms with van der Waals surface area (Å²) < 4.78 is 36.3. The summed E-state index contributed by atoms with van der Waals surface area (Å²) in [5.74, 6) is -2.08. The highest BCUT2D eigenvalue weighted by molar-refractivity contribution is 5.86. The van der Waals surface area contributed by atoms with E-state index in [9.17, 15) is 27.6 Å². The zero-order valence-electron chi connectivity index (χ0n) is 10.1. The third-order valence-electron chi connectivity index (χ3n) is 1.88. The molecule has 3 amide bonds. The number of aliphatic carboxylic acids is 1. The SMILES string of the molecule is CCN(CC(F)(F)F)C(=O)NCC(=O)NCC(=O)O. The normalized spacial score (nSPS) is 10.7. The molecule has 0 aliphatic carbocycles. The Hall–Kier alpha value is -2.00. The lowest BCUT2D eigenvalue weighted by Gasteiger charge is -2.22. The number of nitrogens with zero attached hydrogens (tertiary/aromatic N) is 1. The van der Waals surface area contributed by atoms with Crippen LogP contribution in [0.5, 0.6) is 0 Å². The van der Waals surface area contributed by atoms with Crippen LogP contribution in [0.25, 0.3) is 0 Å². The Labute approximate surface area is 106 Å². The van der Waals surface area contributed by atoms with Crippen LogP contribution in [0.4, 0.5) is 18.0 Å². The van der Waals surface area contributed by atoms with Gasteiger partial charge in [-0.1, -0.05) is 0 Å². The number of carbonyl (C=O) groups excluding carboxylic acids is 2. The number of carbonyl (C=O) groups is 3. The van der Waals surface area contributed by atoms with Crippen molar-refractivity contribution in [1.29, 1.82) is 0 Å². The number of carboxylic acids is 1. The molecule has 0 saturated carbocycles. The van der Waals surface area contributed by atoms with Gasteiger partial charge in [0.15, 0.2) is 0 Å². The van der Waals surface area contributed by atoms with Gasteiger partial charge in [0.05, 0.1) is 6.54 Å². The van der Waals surface area contributed by atoms with Crippen molar-refractivity contribution < 1.29 is 32.7 Å². The van der Waals surface area contributed by atoms with E-state index in [1.54, 1.807) is 0 Å². The second-order valence-electron chi connectivity index (χ2n) is 3.46. The van der Waals surface area contributed by atoms with Crippen molar-refractivity contribution in [1.82, 2.24) is 15.5 Å². The fourth-order valence-corrected chi connectivity index (χ4v) is 1.05. The molecule has 0 radical (unpaired) electrons. The van der Waals surface area contributed by atoms with Gasteiger partial charge in [-0.05, 0) is 6.92 Å².